The lowest BCUT2D eigenvalue weighted by molar-refractivity contribution is -0.121. The van der Waals surface area contributed by atoms with Crippen LogP contribution in [0.2, 0.25) is 0 Å². The molecule has 1 aromatic carbocycles. The fourth-order valence-electron chi connectivity index (χ4n) is 5.99. The number of amides is 3. The normalized spacial score (nSPS) is 31.3. The van der Waals surface area contributed by atoms with Gasteiger partial charge in [-0.05, 0) is 80.9 Å². The predicted octanol–water partition coefficient (Wildman–Crippen LogP) is 3.66. The molecule has 4 aliphatic rings. The van der Waals surface area contributed by atoms with E-state index >= 15 is 0 Å². The molecule has 1 aromatic rings. The highest BCUT2D eigenvalue weighted by Gasteiger charge is 2.51. The molecule has 5 nitrogen and oxygen atoms in total. The van der Waals surface area contributed by atoms with Gasteiger partial charge in [-0.25, -0.2) is 9.18 Å². The Labute approximate surface area is 165 Å². The van der Waals surface area contributed by atoms with E-state index < -0.39 is 0 Å². The highest BCUT2D eigenvalue weighted by Crippen LogP contribution is 2.55. The van der Waals surface area contributed by atoms with E-state index in [0.717, 1.165) is 42.6 Å². The molecular weight excluding hydrogens is 357 g/mol. The zero-order valence-electron chi connectivity index (χ0n) is 16.5. The number of urea groups is 1. The molecule has 4 aliphatic carbocycles. The number of nitrogens with one attached hydrogen (secondary N) is 3. The van der Waals surface area contributed by atoms with Crippen molar-refractivity contribution in [2.75, 3.05) is 6.54 Å². The summed E-state index contributed by atoms with van der Waals surface area (Å²) in [4.78, 5) is 24.5. The largest absolute Gasteiger partial charge is 0.350 e. The summed E-state index contributed by atoms with van der Waals surface area (Å²) >= 11 is 0. The van der Waals surface area contributed by atoms with Gasteiger partial charge >= 0.3 is 6.03 Å². The third-order valence-corrected chi connectivity index (χ3v) is 6.80. The van der Waals surface area contributed by atoms with Crippen molar-refractivity contribution in [3.63, 3.8) is 0 Å². The first kappa shape index (κ1) is 19.2. The molecule has 0 aromatic heterocycles. The molecule has 1 unspecified atom stereocenters. The van der Waals surface area contributed by atoms with Crippen molar-refractivity contribution in [1.29, 1.82) is 0 Å². The molecule has 28 heavy (non-hydrogen) atoms. The summed E-state index contributed by atoms with van der Waals surface area (Å²) in [6.07, 6.45) is 7.59. The first-order valence-corrected chi connectivity index (χ1v) is 10.5. The average molecular weight is 387 g/mol. The van der Waals surface area contributed by atoms with Crippen LogP contribution in [0.4, 0.5) is 9.18 Å². The second kappa shape index (κ2) is 7.72. The molecular formula is C22H30FN3O2. The molecule has 0 saturated heterocycles. The van der Waals surface area contributed by atoms with E-state index in [1.807, 2.05) is 6.92 Å². The predicted molar refractivity (Wildman–Crippen MR) is 105 cm³/mol. The fraction of sp³-hybridized carbons (Fsp3) is 0.636. The maximum atomic E-state index is 13.0. The van der Waals surface area contributed by atoms with Gasteiger partial charge in [0.05, 0.1) is 6.04 Å². The molecule has 0 aliphatic heterocycles. The van der Waals surface area contributed by atoms with E-state index in [-0.39, 0.29) is 35.8 Å². The number of carbonyl (C=O) groups is 2. The van der Waals surface area contributed by atoms with E-state index in [0.29, 0.717) is 6.54 Å². The summed E-state index contributed by atoms with van der Waals surface area (Å²) in [5.41, 5.74) is 0.834. The molecule has 3 N–H and O–H groups in total. The standard InChI is InChI=1S/C22H30FN3O2/c1-14(18-2-4-19(23)5-3-18)25-20(27)6-7-24-21(28)26-22-11-15-8-16(12-22)10-17(9-15)13-22/h2-5,14-17H,6-13H2,1H3,(H,25,27)(H2,24,26,28). The summed E-state index contributed by atoms with van der Waals surface area (Å²) < 4.78 is 13.0. The molecule has 4 saturated carbocycles. The van der Waals surface area contributed by atoms with Gasteiger partial charge < -0.3 is 16.0 Å². The van der Waals surface area contributed by atoms with Crippen LogP contribution in [0.1, 0.15) is 63.5 Å². The minimum atomic E-state index is -0.295. The molecule has 0 radical (unpaired) electrons. The van der Waals surface area contributed by atoms with Crippen LogP contribution in [0.15, 0.2) is 24.3 Å². The van der Waals surface area contributed by atoms with Crippen LogP contribution >= 0.6 is 0 Å². The Morgan fingerprint density at radius 2 is 1.64 bits per heavy atom. The van der Waals surface area contributed by atoms with Crippen LogP contribution in [0.5, 0.6) is 0 Å². The summed E-state index contributed by atoms with van der Waals surface area (Å²) in [5, 5.41) is 8.98. The lowest BCUT2D eigenvalue weighted by Crippen LogP contribution is -2.61. The Kier molecular flexibility index (Phi) is 5.30. The first-order chi connectivity index (χ1) is 13.4. The van der Waals surface area contributed by atoms with Crippen molar-refractivity contribution in [2.45, 2.75) is 63.5 Å². The van der Waals surface area contributed by atoms with Crippen molar-refractivity contribution in [2.24, 2.45) is 17.8 Å². The van der Waals surface area contributed by atoms with Gasteiger partial charge in [-0.2, -0.15) is 0 Å². The average Bonchev–Trinajstić information content (AvgIpc) is 2.60. The monoisotopic (exact) mass is 387 g/mol. The van der Waals surface area contributed by atoms with E-state index in [4.69, 9.17) is 0 Å². The summed E-state index contributed by atoms with van der Waals surface area (Å²) in [6.45, 7) is 2.17. The third kappa shape index (κ3) is 4.31. The van der Waals surface area contributed by atoms with E-state index in [9.17, 15) is 14.0 Å². The van der Waals surface area contributed by atoms with Gasteiger partial charge in [0, 0.05) is 18.5 Å². The highest BCUT2D eigenvalue weighted by atomic mass is 19.1. The molecule has 5 rings (SSSR count). The Morgan fingerprint density at radius 3 is 2.21 bits per heavy atom. The van der Waals surface area contributed by atoms with Crippen molar-refractivity contribution >= 4 is 11.9 Å². The number of carbonyl (C=O) groups excluding carboxylic acids is 2. The molecule has 4 fully saturated rings. The topological polar surface area (TPSA) is 70.2 Å². The number of benzene rings is 1. The Bertz CT molecular complexity index is 699. The number of halogens is 1. The smallest absolute Gasteiger partial charge is 0.315 e. The summed E-state index contributed by atoms with van der Waals surface area (Å²) in [7, 11) is 0. The second-order valence-corrected chi connectivity index (χ2v) is 9.17. The maximum absolute atomic E-state index is 13.0. The van der Waals surface area contributed by atoms with Crippen molar-refractivity contribution in [3.05, 3.63) is 35.6 Å². The van der Waals surface area contributed by atoms with Crippen molar-refractivity contribution in [1.82, 2.24) is 16.0 Å². The van der Waals surface area contributed by atoms with Crippen LogP contribution in [-0.2, 0) is 4.79 Å². The summed E-state index contributed by atoms with van der Waals surface area (Å²) in [6, 6.07) is 5.74. The third-order valence-electron chi connectivity index (χ3n) is 6.80. The van der Waals surface area contributed by atoms with Crippen LogP contribution < -0.4 is 16.0 Å². The van der Waals surface area contributed by atoms with Crippen LogP contribution in [0, 0.1) is 23.6 Å². The quantitative estimate of drug-likeness (QED) is 0.697. The van der Waals surface area contributed by atoms with Gasteiger partial charge in [-0.1, -0.05) is 12.1 Å². The van der Waals surface area contributed by atoms with Crippen molar-refractivity contribution in [3.8, 4) is 0 Å². The fourth-order valence-corrected chi connectivity index (χ4v) is 5.99. The second-order valence-electron chi connectivity index (χ2n) is 9.17. The molecule has 0 spiro atoms. The van der Waals surface area contributed by atoms with Gasteiger partial charge in [0.1, 0.15) is 5.82 Å². The lowest BCUT2D eigenvalue weighted by Gasteiger charge is -2.56. The summed E-state index contributed by atoms with van der Waals surface area (Å²) in [5.74, 6) is 1.92. The molecule has 152 valence electrons. The Balaban J connectivity index is 1.19. The minimum Gasteiger partial charge on any atom is -0.350 e. The van der Waals surface area contributed by atoms with Crippen LogP contribution in [0.25, 0.3) is 0 Å². The van der Waals surface area contributed by atoms with Crippen LogP contribution in [0.3, 0.4) is 0 Å². The minimum absolute atomic E-state index is 0.0157. The van der Waals surface area contributed by atoms with Gasteiger partial charge in [0.15, 0.2) is 0 Å². The van der Waals surface area contributed by atoms with E-state index in [2.05, 4.69) is 16.0 Å². The number of hydrogen-bond acceptors (Lipinski definition) is 2. The molecule has 0 heterocycles. The zero-order valence-corrected chi connectivity index (χ0v) is 16.5. The van der Waals surface area contributed by atoms with Crippen molar-refractivity contribution < 1.29 is 14.0 Å². The maximum Gasteiger partial charge on any atom is 0.315 e. The molecule has 6 heteroatoms. The molecule has 3 amide bonds. The van der Waals surface area contributed by atoms with Gasteiger partial charge in [0.2, 0.25) is 5.91 Å². The van der Waals surface area contributed by atoms with Gasteiger partial charge in [-0.3, -0.25) is 4.79 Å². The molecule has 4 bridgehead atoms. The SMILES string of the molecule is CC(NC(=O)CCNC(=O)NC12CC3CC(CC(C3)C1)C2)c1ccc(F)cc1. The Hall–Kier alpha value is -2.11. The number of hydrogen-bond donors (Lipinski definition) is 3. The lowest BCUT2D eigenvalue weighted by atomic mass is 9.53. The van der Waals surface area contributed by atoms with E-state index in [1.165, 1.54) is 31.4 Å². The van der Waals surface area contributed by atoms with Crippen LogP contribution in [-0.4, -0.2) is 24.0 Å². The molecule has 1 atom stereocenters. The van der Waals surface area contributed by atoms with E-state index in [1.54, 1.807) is 12.1 Å². The van der Waals surface area contributed by atoms with Gasteiger partial charge in [-0.15, -0.1) is 0 Å². The van der Waals surface area contributed by atoms with Gasteiger partial charge in [0.25, 0.3) is 0 Å². The first-order valence-electron chi connectivity index (χ1n) is 10.5. The Morgan fingerprint density at radius 1 is 1.07 bits per heavy atom. The highest BCUT2D eigenvalue weighted by molar-refractivity contribution is 5.78. The zero-order chi connectivity index (χ0) is 19.7. The number of rotatable bonds is 6.